The molecule has 8 heteroatoms. The Hall–Kier alpha value is -2.67. The van der Waals surface area contributed by atoms with E-state index in [9.17, 15) is 14.0 Å². The highest BCUT2D eigenvalue weighted by Gasteiger charge is 2.11. The molecule has 25 heavy (non-hydrogen) atoms. The summed E-state index contributed by atoms with van der Waals surface area (Å²) in [5.41, 5.74) is 0.0754. The quantitative estimate of drug-likeness (QED) is 0.628. The van der Waals surface area contributed by atoms with Gasteiger partial charge in [0.2, 0.25) is 0 Å². The Bertz CT molecular complexity index is 782. The van der Waals surface area contributed by atoms with Crippen molar-refractivity contribution in [1.29, 1.82) is 0 Å². The first-order valence-corrected chi connectivity index (χ1v) is 7.88. The molecule has 1 N–H and O–H groups in total. The molecule has 0 saturated heterocycles. The Balaban J connectivity index is 1.88. The number of rotatable bonds is 6. The fourth-order valence-electron chi connectivity index (χ4n) is 2.01. The molecule has 1 amide bonds. The van der Waals surface area contributed by atoms with Crippen LogP contribution in [-0.2, 0) is 14.3 Å². The lowest BCUT2D eigenvalue weighted by Crippen LogP contribution is -2.22. The summed E-state index contributed by atoms with van der Waals surface area (Å²) in [7, 11) is 0. The lowest BCUT2D eigenvalue weighted by atomic mass is 10.2. The maximum Gasteiger partial charge on any atom is 0.331 e. The zero-order valence-electron chi connectivity index (χ0n) is 13.7. The molecular weight excluding hydrogens is 349 g/mol. The second-order valence-corrected chi connectivity index (χ2v) is 5.79. The van der Waals surface area contributed by atoms with Crippen LogP contribution in [0.1, 0.15) is 25.5 Å². The molecule has 6 nitrogen and oxygen atoms in total. The average molecular weight is 366 g/mol. The fraction of sp³-hybridized carbons (Fsp3) is 0.235. The van der Waals surface area contributed by atoms with Gasteiger partial charge in [0.25, 0.3) is 5.91 Å². The van der Waals surface area contributed by atoms with Crippen molar-refractivity contribution in [2.45, 2.75) is 19.9 Å². The summed E-state index contributed by atoms with van der Waals surface area (Å²) >= 11 is 5.84. The number of carbonyl (C=O) groups excluding carboxylic acids is 2. The Kier molecular flexibility index (Phi) is 6.30. The van der Waals surface area contributed by atoms with Gasteiger partial charge in [-0.05, 0) is 32.1 Å². The molecule has 1 aromatic heterocycles. The molecule has 1 heterocycles. The second-order valence-electron chi connectivity index (χ2n) is 5.38. The van der Waals surface area contributed by atoms with Crippen molar-refractivity contribution in [1.82, 2.24) is 9.78 Å². The Labute approximate surface area is 149 Å². The number of nitrogens with zero attached hydrogens (tertiary/aromatic N) is 2. The van der Waals surface area contributed by atoms with Gasteiger partial charge in [-0.3, -0.25) is 4.79 Å². The number of anilines is 1. The number of halogens is 2. The van der Waals surface area contributed by atoms with E-state index < -0.39 is 24.3 Å². The number of nitrogens with one attached hydrogen (secondary N) is 1. The van der Waals surface area contributed by atoms with Crippen LogP contribution in [0, 0.1) is 5.82 Å². The molecular formula is C17H17ClFN3O3. The summed E-state index contributed by atoms with van der Waals surface area (Å²) in [4.78, 5) is 23.5. The van der Waals surface area contributed by atoms with E-state index in [1.807, 2.05) is 13.8 Å². The minimum absolute atomic E-state index is 0.0706. The van der Waals surface area contributed by atoms with E-state index in [4.69, 9.17) is 16.3 Å². The molecule has 0 fully saturated rings. The van der Waals surface area contributed by atoms with Gasteiger partial charge in [-0.25, -0.2) is 13.9 Å². The van der Waals surface area contributed by atoms with Crippen molar-refractivity contribution in [3.63, 3.8) is 0 Å². The molecule has 0 radical (unpaired) electrons. The molecule has 0 spiro atoms. The number of hydrogen-bond acceptors (Lipinski definition) is 4. The van der Waals surface area contributed by atoms with Gasteiger partial charge in [0.15, 0.2) is 6.61 Å². The number of ether oxygens (including phenoxy) is 1. The zero-order valence-corrected chi connectivity index (χ0v) is 14.5. The third kappa shape index (κ3) is 5.15. The monoisotopic (exact) mass is 365 g/mol. The third-order valence-electron chi connectivity index (χ3n) is 3.16. The first kappa shape index (κ1) is 18.7. The largest absolute Gasteiger partial charge is 0.452 e. The van der Waals surface area contributed by atoms with Crippen LogP contribution in [0.4, 0.5) is 10.2 Å². The van der Waals surface area contributed by atoms with Crippen molar-refractivity contribution < 1.29 is 18.7 Å². The number of hydrogen-bond donors (Lipinski definition) is 1. The minimum Gasteiger partial charge on any atom is -0.452 e. The summed E-state index contributed by atoms with van der Waals surface area (Å²) in [6, 6.07) is 5.89. The summed E-state index contributed by atoms with van der Waals surface area (Å²) in [5.74, 6) is -1.35. The number of carbonyl (C=O) groups is 2. The summed E-state index contributed by atoms with van der Waals surface area (Å²) in [5, 5.41) is 6.85. The predicted octanol–water partition coefficient (Wildman–Crippen LogP) is 3.45. The van der Waals surface area contributed by atoms with E-state index in [1.165, 1.54) is 24.3 Å². The predicted molar refractivity (Wildman–Crippen MR) is 92.6 cm³/mol. The van der Waals surface area contributed by atoms with Crippen LogP contribution in [0.15, 0.2) is 36.5 Å². The van der Waals surface area contributed by atoms with Crippen molar-refractivity contribution in [3.05, 3.63) is 52.9 Å². The maximum absolute atomic E-state index is 13.6. The van der Waals surface area contributed by atoms with Crippen LogP contribution in [0.5, 0.6) is 0 Å². The molecule has 132 valence electrons. The van der Waals surface area contributed by atoms with Crippen LogP contribution < -0.4 is 5.32 Å². The third-order valence-corrected chi connectivity index (χ3v) is 3.49. The van der Waals surface area contributed by atoms with E-state index in [-0.39, 0.29) is 16.6 Å². The Morgan fingerprint density at radius 1 is 1.40 bits per heavy atom. The van der Waals surface area contributed by atoms with Gasteiger partial charge >= 0.3 is 5.97 Å². The lowest BCUT2D eigenvalue weighted by molar-refractivity contribution is -0.142. The van der Waals surface area contributed by atoms with Crippen LogP contribution in [-0.4, -0.2) is 28.3 Å². The van der Waals surface area contributed by atoms with Crippen LogP contribution >= 0.6 is 11.6 Å². The first-order valence-electron chi connectivity index (χ1n) is 7.50. The molecule has 2 aromatic rings. The average Bonchev–Trinajstić information content (AvgIpc) is 3.01. The molecule has 2 rings (SSSR count). The minimum atomic E-state index is -0.785. The van der Waals surface area contributed by atoms with Gasteiger partial charge in [-0.2, -0.15) is 5.10 Å². The van der Waals surface area contributed by atoms with E-state index in [0.29, 0.717) is 5.82 Å². The second kappa shape index (κ2) is 8.43. The van der Waals surface area contributed by atoms with Gasteiger partial charge < -0.3 is 10.1 Å². The normalized spacial score (nSPS) is 11.1. The summed E-state index contributed by atoms with van der Waals surface area (Å²) in [6.07, 6.45) is 3.77. The van der Waals surface area contributed by atoms with Crippen molar-refractivity contribution in [3.8, 4) is 0 Å². The Morgan fingerprint density at radius 2 is 2.16 bits per heavy atom. The van der Waals surface area contributed by atoms with Crippen LogP contribution in [0.3, 0.4) is 0 Å². The number of aromatic nitrogens is 2. The van der Waals surface area contributed by atoms with Crippen LogP contribution in [0.2, 0.25) is 5.02 Å². The maximum atomic E-state index is 13.6. The number of esters is 1. The van der Waals surface area contributed by atoms with E-state index >= 15 is 0 Å². The molecule has 0 bridgehead atoms. The number of benzene rings is 1. The molecule has 0 aliphatic carbocycles. The molecule has 0 atom stereocenters. The molecule has 0 aliphatic heterocycles. The van der Waals surface area contributed by atoms with Gasteiger partial charge in [0.05, 0.1) is 11.2 Å². The molecule has 1 aromatic carbocycles. The van der Waals surface area contributed by atoms with E-state index in [2.05, 4.69) is 10.4 Å². The van der Waals surface area contributed by atoms with Gasteiger partial charge in [0, 0.05) is 23.7 Å². The fourth-order valence-corrected chi connectivity index (χ4v) is 2.24. The van der Waals surface area contributed by atoms with E-state index in [1.54, 1.807) is 16.9 Å². The van der Waals surface area contributed by atoms with Crippen LogP contribution in [0.25, 0.3) is 6.08 Å². The SMILES string of the molecule is CC(C)n1nccc1NC(=O)COC(=O)/C=C/c1c(F)cccc1Cl. The summed E-state index contributed by atoms with van der Waals surface area (Å²) < 4.78 is 20.0. The first-order chi connectivity index (χ1) is 11.9. The molecule has 0 aliphatic rings. The van der Waals surface area contributed by atoms with Crippen molar-refractivity contribution >= 4 is 35.4 Å². The zero-order chi connectivity index (χ0) is 18.4. The number of amides is 1. The molecule has 0 unspecified atom stereocenters. The highest BCUT2D eigenvalue weighted by Crippen LogP contribution is 2.20. The van der Waals surface area contributed by atoms with Gasteiger partial charge in [0.1, 0.15) is 11.6 Å². The molecule has 0 saturated carbocycles. The lowest BCUT2D eigenvalue weighted by Gasteiger charge is -2.11. The summed E-state index contributed by atoms with van der Waals surface area (Å²) in [6.45, 7) is 3.36. The topological polar surface area (TPSA) is 73.2 Å². The Morgan fingerprint density at radius 3 is 2.84 bits per heavy atom. The van der Waals surface area contributed by atoms with Gasteiger partial charge in [-0.1, -0.05) is 17.7 Å². The highest BCUT2D eigenvalue weighted by atomic mass is 35.5. The van der Waals surface area contributed by atoms with Crippen molar-refractivity contribution in [2.75, 3.05) is 11.9 Å². The highest BCUT2D eigenvalue weighted by molar-refractivity contribution is 6.32. The van der Waals surface area contributed by atoms with Gasteiger partial charge in [-0.15, -0.1) is 0 Å². The van der Waals surface area contributed by atoms with Crippen molar-refractivity contribution in [2.24, 2.45) is 0 Å². The van der Waals surface area contributed by atoms with E-state index in [0.717, 1.165) is 6.08 Å². The smallest absolute Gasteiger partial charge is 0.331 e. The standard InChI is InChI=1S/C17H17ClFN3O3/c1-11(2)22-15(8-9-20-22)21-16(23)10-25-17(24)7-6-12-13(18)4-3-5-14(12)19/h3-9,11H,10H2,1-2H3,(H,21,23)/b7-6+.